The third-order valence-corrected chi connectivity index (χ3v) is 16.8. The number of rotatable bonds is 61. The lowest BCUT2D eigenvalue weighted by atomic mass is 10.00. The Kier molecular flexibility index (Phi) is 53.0. The Balaban J connectivity index is 5.26. The van der Waals surface area contributed by atoms with Gasteiger partial charge in [0.25, 0.3) is 0 Å². The fourth-order valence-corrected chi connectivity index (χ4v) is 11.0. The van der Waals surface area contributed by atoms with Crippen LogP contribution in [0.5, 0.6) is 0 Å². The second kappa shape index (κ2) is 54.2. The normalized spacial score (nSPS) is 14.8. The quantitative estimate of drug-likeness (QED) is 0.0222. The third-order valence-electron chi connectivity index (χ3n) is 14.9. The Morgan fingerprint density at radius 3 is 0.855 bits per heavy atom. The van der Waals surface area contributed by atoms with E-state index in [9.17, 15) is 43.2 Å². The molecule has 0 fully saturated rings. The Hall–Kier alpha value is -1.94. The maximum absolute atomic E-state index is 13.0. The lowest BCUT2D eigenvalue weighted by Crippen LogP contribution is -2.30. The van der Waals surface area contributed by atoms with E-state index in [4.69, 9.17) is 37.0 Å². The van der Waals surface area contributed by atoms with Crippen LogP contribution in [0.2, 0.25) is 0 Å². The van der Waals surface area contributed by atoms with Crippen molar-refractivity contribution in [2.45, 2.75) is 324 Å². The van der Waals surface area contributed by atoms with Gasteiger partial charge in [-0.15, -0.1) is 0 Å². The fourth-order valence-electron chi connectivity index (χ4n) is 9.40. The largest absolute Gasteiger partial charge is 0.472 e. The molecular formula is C64H124O17P2. The van der Waals surface area contributed by atoms with Gasteiger partial charge in [0, 0.05) is 25.7 Å². The second-order valence-corrected chi connectivity index (χ2v) is 27.7. The number of esters is 4. The van der Waals surface area contributed by atoms with Crippen LogP contribution in [-0.4, -0.2) is 96.7 Å². The van der Waals surface area contributed by atoms with Crippen LogP contribution in [-0.2, 0) is 65.4 Å². The zero-order chi connectivity index (χ0) is 61.8. The van der Waals surface area contributed by atoms with Crippen molar-refractivity contribution in [3.8, 4) is 0 Å². The van der Waals surface area contributed by atoms with Crippen LogP contribution in [0.15, 0.2) is 0 Å². The Labute approximate surface area is 505 Å². The number of carbonyl (C=O) groups is 4. The van der Waals surface area contributed by atoms with Gasteiger partial charge in [-0.3, -0.25) is 37.3 Å². The first-order valence-electron chi connectivity index (χ1n) is 33.2. The topological polar surface area (TPSA) is 237 Å². The van der Waals surface area contributed by atoms with Gasteiger partial charge in [0.15, 0.2) is 12.2 Å². The summed E-state index contributed by atoms with van der Waals surface area (Å²) in [6.45, 7) is 13.9. The molecule has 0 bridgehead atoms. The third kappa shape index (κ3) is 57.6. The van der Waals surface area contributed by atoms with E-state index in [1.54, 1.807) is 0 Å². The van der Waals surface area contributed by atoms with Crippen molar-refractivity contribution in [2.24, 2.45) is 23.7 Å². The van der Waals surface area contributed by atoms with Crippen molar-refractivity contribution in [1.29, 1.82) is 0 Å². The molecular weight excluding hydrogens is 1100 g/mol. The number of ether oxygens (including phenoxy) is 4. The molecule has 0 heterocycles. The summed E-state index contributed by atoms with van der Waals surface area (Å²) in [6.07, 6.45) is 33.6. The van der Waals surface area contributed by atoms with Crippen LogP contribution in [0.25, 0.3) is 0 Å². The summed E-state index contributed by atoms with van der Waals surface area (Å²) in [5.41, 5.74) is 0. The minimum absolute atomic E-state index is 0.102. The van der Waals surface area contributed by atoms with Gasteiger partial charge in [-0.1, -0.05) is 254 Å². The van der Waals surface area contributed by atoms with Crippen LogP contribution in [0.3, 0.4) is 0 Å². The summed E-state index contributed by atoms with van der Waals surface area (Å²) in [5.74, 6) is 0.748. The SMILES string of the molecule is CCC(C)CCCCCCCCC(=O)OC[C@H](COP(=O)(O)OC[C@H](O)COP(=O)(O)OC[C@@H](COC(=O)CCCCCCCCCCC(C)C)OC(=O)CCCCCCCCCCCC(C)C)OC(=O)CCCCCCCCCC(C)C. The molecule has 83 heavy (non-hydrogen) atoms. The van der Waals surface area contributed by atoms with Gasteiger partial charge < -0.3 is 33.8 Å². The summed E-state index contributed by atoms with van der Waals surface area (Å²) >= 11 is 0. The van der Waals surface area contributed by atoms with Crippen LogP contribution < -0.4 is 0 Å². The molecule has 0 aliphatic carbocycles. The minimum atomic E-state index is -4.95. The molecule has 0 spiro atoms. The zero-order valence-corrected chi connectivity index (χ0v) is 55.6. The number of aliphatic hydroxyl groups excluding tert-OH is 1. The predicted octanol–water partition coefficient (Wildman–Crippen LogP) is 17.4. The first-order chi connectivity index (χ1) is 39.6. The van der Waals surface area contributed by atoms with Crippen molar-refractivity contribution in [1.82, 2.24) is 0 Å². The summed E-state index contributed by atoms with van der Waals surface area (Å²) < 4.78 is 68.0. The second-order valence-electron chi connectivity index (χ2n) is 24.8. The molecule has 0 saturated heterocycles. The first kappa shape index (κ1) is 81.1. The molecule has 6 atom stereocenters. The van der Waals surface area contributed by atoms with Gasteiger partial charge >= 0.3 is 39.5 Å². The number of hydrogen-bond donors (Lipinski definition) is 3. The standard InChI is InChI=1S/C64H124O17P2/c1-9-57(8)43-35-27-22-23-29-37-45-62(67)75-51-60(81-64(69)47-39-31-21-15-18-26-34-42-56(6)7)53-79-83(72,73)77-49-58(65)48-76-82(70,71)78-52-59(50-74-61(66)44-36-28-19-14-13-17-25-33-41-55(4)5)80-63(68)46-38-30-20-12-10-11-16-24-32-40-54(2)3/h54-60,65H,9-53H2,1-8H3,(H,70,71)(H,72,73)/t57?,58-,59-,60-/m1/s1. The first-order valence-corrected chi connectivity index (χ1v) is 36.2. The number of phosphoric acid groups is 2. The molecule has 0 rings (SSSR count). The van der Waals surface area contributed by atoms with Crippen molar-refractivity contribution >= 4 is 39.5 Å². The van der Waals surface area contributed by atoms with Crippen LogP contribution in [0.1, 0.15) is 306 Å². The Morgan fingerprint density at radius 2 is 0.578 bits per heavy atom. The van der Waals surface area contributed by atoms with E-state index in [2.05, 4.69) is 55.4 Å². The zero-order valence-electron chi connectivity index (χ0n) is 53.8. The number of phosphoric ester groups is 2. The van der Waals surface area contributed by atoms with Crippen molar-refractivity contribution < 1.29 is 80.2 Å². The number of aliphatic hydroxyl groups is 1. The molecule has 0 radical (unpaired) electrons. The number of carbonyl (C=O) groups excluding carboxylic acids is 4. The molecule has 492 valence electrons. The lowest BCUT2D eigenvalue weighted by molar-refractivity contribution is -0.161. The summed E-state index contributed by atoms with van der Waals surface area (Å²) in [4.78, 5) is 72.2. The molecule has 3 N–H and O–H groups in total. The Morgan fingerprint density at radius 1 is 0.337 bits per heavy atom. The van der Waals surface area contributed by atoms with Crippen molar-refractivity contribution in [2.75, 3.05) is 39.6 Å². The molecule has 0 aromatic rings. The van der Waals surface area contributed by atoms with E-state index in [1.165, 1.54) is 103 Å². The molecule has 0 amide bonds. The van der Waals surface area contributed by atoms with Gasteiger partial charge in [0.1, 0.15) is 19.3 Å². The highest BCUT2D eigenvalue weighted by atomic mass is 31.2. The lowest BCUT2D eigenvalue weighted by Gasteiger charge is -2.21. The average molecular weight is 1230 g/mol. The van der Waals surface area contributed by atoms with Gasteiger partial charge in [-0.05, 0) is 49.4 Å². The van der Waals surface area contributed by atoms with Crippen LogP contribution >= 0.6 is 15.6 Å². The number of hydrogen-bond acceptors (Lipinski definition) is 15. The summed E-state index contributed by atoms with van der Waals surface area (Å²) in [5, 5.41) is 10.5. The van der Waals surface area contributed by atoms with E-state index < -0.39 is 97.5 Å². The van der Waals surface area contributed by atoms with Gasteiger partial charge in [-0.2, -0.15) is 0 Å². The molecule has 0 aliphatic rings. The smallest absolute Gasteiger partial charge is 0.462 e. The van der Waals surface area contributed by atoms with Crippen LogP contribution in [0, 0.1) is 23.7 Å². The van der Waals surface area contributed by atoms with Crippen molar-refractivity contribution in [3.63, 3.8) is 0 Å². The van der Waals surface area contributed by atoms with E-state index >= 15 is 0 Å². The highest BCUT2D eigenvalue weighted by Crippen LogP contribution is 2.45. The fraction of sp³-hybridized carbons (Fsp3) is 0.938. The maximum Gasteiger partial charge on any atom is 0.472 e. The number of unbranched alkanes of at least 4 members (excludes halogenated alkanes) is 26. The highest BCUT2D eigenvalue weighted by Gasteiger charge is 2.30. The molecule has 0 saturated carbocycles. The van der Waals surface area contributed by atoms with E-state index in [-0.39, 0.29) is 25.7 Å². The maximum atomic E-state index is 13.0. The monoisotopic (exact) mass is 1230 g/mol. The molecule has 0 aromatic heterocycles. The Bertz CT molecular complexity index is 1660. The van der Waals surface area contributed by atoms with E-state index in [0.29, 0.717) is 31.6 Å². The van der Waals surface area contributed by atoms with Gasteiger partial charge in [-0.25, -0.2) is 9.13 Å². The van der Waals surface area contributed by atoms with E-state index in [1.807, 2.05) is 0 Å². The molecule has 0 aliphatic heterocycles. The summed E-state index contributed by atoms with van der Waals surface area (Å²) in [7, 11) is -9.89. The molecule has 0 aromatic carbocycles. The average Bonchev–Trinajstić information content (AvgIpc) is 3.49. The molecule has 17 nitrogen and oxygen atoms in total. The van der Waals surface area contributed by atoms with E-state index in [0.717, 1.165) is 114 Å². The predicted molar refractivity (Wildman–Crippen MR) is 331 cm³/mol. The molecule has 3 unspecified atom stereocenters. The minimum Gasteiger partial charge on any atom is -0.462 e. The van der Waals surface area contributed by atoms with Crippen molar-refractivity contribution in [3.05, 3.63) is 0 Å². The van der Waals surface area contributed by atoms with Gasteiger partial charge in [0.2, 0.25) is 0 Å². The van der Waals surface area contributed by atoms with Gasteiger partial charge in [0.05, 0.1) is 26.4 Å². The summed E-state index contributed by atoms with van der Waals surface area (Å²) in [6, 6.07) is 0. The molecule has 19 heteroatoms. The highest BCUT2D eigenvalue weighted by molar-refractivity contribution is 7.47. The van der Waals surface area contributed by atoms with Crippen LogP contribution in [0.4, 0.5) is 0 Å².